The van der Waals surface area contributed by atoms with E-state index in [0.717, 1.165) is 11.3 Å². The number of rotatable bonds is 6. The lowest BCUT2D eigenvalue weighted by Crippen LogP contribution is -2.41. The Balaban J connectivity index is 1.52. The van der Waals surface area contributed by atoms with Gasteiger partial charge in [-0.1, -0.05) is 29.3 Å². The van der Waals surface area contributed by atoms with Gasteiger partial charge >= 0.3 is 5.97 Å². The van der Waals surface area contributed by atoms with Crippen LogP contribution in [-0.2, 0) is 29.0 Å². The van der Waals surface area contributed by atoms with Crippen LogP contribution < -0.4 is 10.1 Å². The smallest absolute Gasteiger partial charge is 0.323 e. The third kappa shape index (κ3) is 4.62. The van der Waals surface area contributed by atoms with E-state index in [0.29, 0.717) is 40.9 Å². The van der Waals surface area contributed by atoms with Crippen LogP contribution in [0.3, 0.4) is 0 Å². The van der Waals surface area contributed by atoms with Gasteiger partial charge in [-0.25, -0.2) is 4.39 Å². The average molecular weight is 465 g/mol. The molecule has 0 saturated heterocycles. The van der Waals surface area contributed by atoms with Crippen molar-refractivity contribution in [3.63, 3.8) is 0 Å². The van der Waals surface area contributed by atoms with E-state index in [9.17, 15) is 19.1 Å². The first-order valence-electron chi connectivity index (χ1n) is 9.70. The molecule has 2 aromatic carbocycles. The van der Waals surface area contributed by atoms with Gasteiger partial charge in [-0.05, 0) is 55.2 Å². The highest BCUT2D eigenvalue weighted by Gasteiger charge is 2.28. The predicted molar refractivity (Wildman–Crippen MR) is 115 cm³/mol. The summed E-state index contributed by atoms with van der Waals surface area (Å²) in [4.78, 5) is 23.7. The zero-order valence-corrected chi connectivity index (χ0v) is 17.8. The van der Waals surface area contributed by atoms with Gasteiger partial charge in [0.25, 0.3) is 5.91 Å². The molecule has 1 atom stereocenters. The standard InChI is InChI=1S/C22H19Cl2FN2O4/c23-12-2-1-3-15(6-12)31-11-20(28)26-14-4-5-19-16(9-14)17-7-13(25)8-18(24)22(17)27(19)10-21(29)30/h1-3,6-8,14H,4-5,9-11H2,(H,26,28)(H,29,30). The van der Waals surface area contributed by atoms with Crippen LogP contribution in [0.2, 0.25) is 10.0 Å². The van der Waals surface area contributed by atoms with Gasteiger partial charge in [0.2, 0.25) is 0 Å². The molecule has 162 valence electrons. The van der Waals surface area contributed by atoms with E-state index in [4.69, 9.17) is 27.9 Å². The first-order valence-corrected chi connectivity index (χ1v) is 10.5. The molecule has 6 nitrogen and oxygen atoms in total. The zero-order valence-electron chi connectivity index (χ0n) is 16.3. The minimum Gasteiger partial charge on any atom is -0.484 e. The van der Waals surface area contributed by atoms with E-state index < -0.39 is 11.8 Å². The van der Waals surface area contributed by atoms with Crippen molar-refractivity contribution >= 4 is 46.0 Å². The number of aromatic nitrogens is 1. The summed E-state index contributed by atoms with van der Waals surface area (Å²) in [5, 5.41) is 13.5. The summed E-state index contributed by atoms with van der Waals surface area (Å²) in [5.41, 5.74) is 2.13. The second-order valence-electron chi connectivity index (χ2n) is 7.44. The van der Waals surface area contributed by atoms with Crippen molar-refractivity contribution in [1.29, 1.82) is 0 Å². The number of amides is 1. The highest BCUT2D eigenvalue weighted by Crippen LogP contribution is 2.36. The fourth-order valence-electron chi connectivity index (χ4n) is 4.10. The van der Waals surface area contributed by atoms with Crippen LogP contribution >= 0.6 is 23.2 Å². The molecule has 1 unspecified atom stereocenters. The lowest BCUT2D eigenvalue weighted by Gasteiger charge is -2.25. The summed E-state index contributed by atoms with van der Waals surface area (Å²) in [6.07, 6.45) is 1.60. The van der Waals surface area contributed by atoms with E-state index in [1.807, 2.05) is 0 Å². The Labute approximate surface area is 187 Å². The maximum Gasteiger partial charge on any atom is 0.323 e. The molecule has 4 rings (SSSR count). The Bertz CT molecular complexity index is 1180. The number of hydrogen-bond acceptors (Lipinski definition) is 3. The van der Waals surface area contributed by atoms with Gasteiger partial charge in [0, 0.05) is 22.1 Å². The van der Waals surface area contributed by atoms with Gasteiger partial charge in [0.05, 0.1) is 10.5 Å². The SMILES string of the molecule is O=C(O)Cn1c2c(c3cc(F)cc(Cl)c31)CC(NC(=O)COc1cccc(Cl)c1)CC2. The number of benzene rings is 2. The molecule has 3 aromatic rings. The molecule has 0 aliphatic heterocycles. The summed E-state index contributed by atoms with van der Waals surface area (Å²) >= 11 is 12.2. The molecule has 0 saturated carbocycles. The third-order valence-electron chi connectivity index (χ3n) is 5.30. The van der Waals surface area contributed by atoms with Crippen LogP contribution in [0.4, 0.5) is 4.39 Å². The number of ether oxygens (including phenoxy) is 1. The molecular formula is C22H19Cl2FN2O4. The topological polar surface area (TPSA) is 80.6 Å². The number of fused-ring (bicyclic) bond motifs is 3. The number of carboxylic acids is 1. The van der Waals surface area contributed by atoms with Crippen molar-refractivity contribution in [3.8, 4) is 5.75 Å². The molecule has 1 amide bonds. The second-order valence-corrected chi connectivity index (χ2v) is 8.29. The Morgan fingerprint density at radius 2 is 2.06 bits per heavy atom. The summed E-state index contributed by atoms with van der Waals surface area (Å²) < 4.78 is 21.1. The second kappa shape index (κ2) is 8.77. The molecule has 0 spiro atoms. The molecule has 1 aliphatic rings. The lowest BCUT2D eigenvalue weighted by atomic mass is 9.91. The first-order chi connectivity index (χ1) is 14.8. The molecule has 1 heterocycles. The van der Waals surface area contributed by atoms with Crippen molar-refractivity contribution in [2.75, 3.05) is 6.61 Å². The molecule has 2 N–H and O–H groups in total. The molecule has 1 aromatic heterocycles. The minimum absolute atomic E-state index is 0.162. The van der Waals surface area contributed by atoms with Crippen LogP contribution in [0.25, 0.3) is 10.9 Å². The lowest BCUT2D eigenvalue weighted by molar-refractivity contribution is -0.137. The van der Waals surface area contributed by atoms with Gasteiger partial charge in [0.15, 0.2) is 6.61 Å². The predicted octanol–water partition coefficient (Wildman–Crippen LogP) is 4.22. The monoisotopic (exact) mass is 464 g/mol. The Morgan fingerprint density at radius 3 is 2.81 bits per heavy atom. The normalized spacial score (nSPS) is 15.5. The zero-order chi connectivity index (χ0) is 22.1. The fourth-order valence-corrected chi connectivity index (χ4v) is 4.59. The quantitative estimate of drug-likeness (QED) is 0.571. The van der Waals surface area contributed by atoms with Gasteiger partial charge in [-0.3, -0.25) is 9.59 Å². The molecule has 9 heteroatoms. The van der Waals surface area contributed by atoms with Crippen molar-refractivity contribution in [1.82, 2.24) is 9.88 Å². The van der Waals surface area contributed by atoms with E-state index >= 15 is 0 Å². The number of carbonyl (C=O) groups excluding carboxylic acids is 1. The number of nitrogens with zero attached hydrogens (tertiary/aromatic N) is 1. The highest BCUT2D eigenvalue weighted by atomic mass is 35.5. The maximum absolute atomic E-state index is 14.0. The minimum atomic E-state index is -1.01. The number of carbonyl (C=O) groups is 2. The van der Waals surface area contributed by atoms with Gasteiger partial charge in [-0.15, -0.1) is 0 Å². The van der Waals surface area contributed by atoms with E-state index in [2.05, 4.69) is 5.32 Å². The van der Waals surface area contributed by atoms with Crippen LogP contribution in [0, 0.1) is 5.82 Å². The molecule has 0 radical (unpaired) electrons. The van der Waals surface area contributed by atoms with Crippen molar-refractivity contribution in [3.05, 3.63) is 63.5 Å². The van der Waals surface area contributed by atoms with Gasteiger partial charge in [0.1, 0.15) is 18.1 Å². The molecule has 0 bridgehead atoms. The van der Waals surface area contributed by atoms with Crippen molar-refractivity contribution in [2.45, 2.75) is 31.8 Å². The van der Waals surface area contributed by atoms with Crippen molar-refractivity contribution in [2.24, 2.45) is 0 Å². The largest absolute Gasteiger partial charge is 0.484 e. The van der Waals surface area contributed by atoms with Crippen molar-refractivity contribution < 1.29 is 23.8 Å². The Morgan fingerprint density at radius 1 is 1.26 bits per heavy atom. The number of hydrogen-bond donors (Lipinski definition) is 2. The van der Waals surface area contributed by atoms with E-state index in [1.54, 1.807) is 28.8 Å². The summed E-state index contributed by atoms with van der Waals surface area (Å²) in [6, 6.07) is 9.14. The molecule has 0 fully saturated rings. The van der Waals surface area contributed by atoms with Gasteiger partial charge < -0.3 is 19.7 Å². The fraction of sp³-hybridized carbons (Fsp3) is 0.273. The number of aliphatic carboxylic acids is 1. The molecule has 31 heavy (non-hydrogen) atoms. The highest BCUT2D eigenvalue weighted by molar-refractivity contribution is 6.35. The summed E-state index contributed by atoms with van der Waals surface area (Å²) in [5.74, 6) is -1.29. The first kappa shape index (κ1) is 21.5. The number of carboxylic acid groups (broad SMARTS) is 1. The van der Waals surface area contributed by atoms with E-state index in [1.165, 1.54) is 12.1 Å². The van der Waals surface area contributed by atoms with Crippen LogP contribution in [0.5, 0.6) is 5.75 Å². The van der Waals surface area contributed by atoms with E-state index in [-0.39, 0.29) is 30.1 Å². The third-order valence-corrected chi connectivity index (χ3v) is 5.83. The molecular weight excluding hydrogens is 446 g/mol. The summed E-state index contributed by atoms with van der Waals surface area (Å²) in [6.45, 7) is -0.424. The van der Waals surface area contributed by atoms with Crippen LogP contribution in [0.15, 0.2) is 36.4 Å². The van der Waals surface area contributed by atoms with Crippen LogP contribution in [-0.4, -0.2) is 34.2 Å². The average Bonchev–Trinajstić information content (AvgIpc) is 2.99. The van der Waals surface area contributed by atoms with Gasteiger partial charge in [-0.2, -0.15) is 0 Å². The Kier molecular flexibility index (Phi) is 6.07. The number of halogens is 3. The maximum atomic E-state index is 14.0. The number of nitrogens with one attached hydrogen (secondary N) is 1. The summed E-state index contributed by atoms with van der Waals surface area (Å²) in [7, 11) is 0. The molecule has 1 aliphatic carbocycles. The van der Waals surface area contributed by atoms with Crippen LogP contribution in [0.1, 0.15) is 17.7 Å². The Hall–Kier alpha value is -2.77.